The molecule has 2 aromatic carbocycles. The van der Waals surface area contributed by atoms with Crippen LogP contribution in [0.1, 0.15) is 12.5 Å². The number of rotatable bonds is 5. The summed E-state index contributed by atoms with van der Waals surface area (Å²) in [7, 11) is 1.90. The summed E-state index contributed by atoms with van der Waals surface area (Å²) in [5, 5.41) is 5.25. The minimum absolute atomic E-state index is 0.329. The van der Waals surface area contributed by atoms with Gasteiger partial charge in [0.05, 0.1) is 17.6 Å². The Labute approximate surface area is 162 Å². The second kappa shape index (κ2) is 7.26. The van der Waals surface area contributed by atoms with Crippen molar-refractivity contribution in [2.75, 3.05) is 24.2 Å². The average Bonchev–Trinajstić information content (AvgIpc) is 3.03. The highest BCUT2D eigenvalue weighted by Gasteiger charge is 2.19. The van der Waals surface area contributed by atoms with Gasteiger partial charge in [0, 0.05) is 19.2 Å². The van der Waals surface area contributed by atoms with Crippen LogP contribution in [0, 0.1) is 5.82 Å². The number of hydrogen-bond donors (Lipinski definition) is 1. The van der Waals surface area contributed by atoms with Crippen molar-refractivity contribution in [1.29, 1.82) is 0 Å². The second-order valence-corrected chi connectivity index (χ2v) is 6.62. The molecule has 0 amide bonds. The van der Waals surface area contributed by atoms with Gasteiger partial charge in [0.1, 0.15) is 11.6 Å². The molecule has 2 heterocycles. The van der Waals surface area contributed by atoms with Crippen molar-refractivity contribution < 1.29 is 4.39 Å². The fraction of sp³-hybridized carbons (Fsp3) is 0.190. The van der Waals surface area contributed by atoms with Gasteiger partial charge in [0.25, 0.3) is 0 Å². The highest BCUT2D eigenvalue weighted by atomic mass is 19.1. The molecule has 0 radical (unpaired) electrons. The van der Waals surface area contributed by atoms with Gasteiger partial charge in [-0.3, -0.25) is 0 Å². The third-order valence-corrected chi connectivity index (χ3v) is 4.72. The zero-order valence-electron chi connectivity index (χ0n) is 15.8. The number of nitrogens with two attached hydrogens (primary N) is 1. The van der Waals surface area contributed by atoms with Gasteiger partial charge in [-0.2, -0.15) is 4.98 Å². The van der Waals surface area contributed by atoms with Gasteiger partial charge >= 0.3 is 0 Å². The van der Waals surface area contributed by atoms with Crippen LogP contribution < -0.4 is 10.6 Å². The lowest BCUT2D eigenvalue weighted by molar-refractivity contribution is 0.628. The van der Waals surface area contributed by atoms with Gasteiger partial charge in [0.2, 0.25) is 5.95 Å². The molecule has 7 heteroatoms. The average molecular weight is 376 g/mol. The fourth-order valence-corrected chi connectivity index (χ4v) is 3.08. The quantitative estimate of drug-likeness (QED) is 0.575. The Hall–Kier alpha value is -3.48. The van der Waals surface area contributed by atoms with Crippen molar-refractivity contribution >= 4 is 22.8 Å². The van der Waals surface area contributed by atoms with Crippen LogP contribution in [-0.4, -0.2) is 33.3 Å². The molecule has 0 saturated carbocycles. The Morgan fingerprint density at radius 1 is 1.07 bits per heavy atom. The first-order valence-corrected chi connectivity index (χ1v) is 9.12. The van der Waals surface area contributed by atoms with Crippen LogP contribution in [0.4, 0.5) is 16.2 Å². The summed E-state index contributed by atoms with van der Waals surface area (Å²) in [6.45, 7) is 3.26. The minimum atomic E-state index is -0.329. The maximum Gasteiger partial charge on any atom is 0.227 e. The first-order valence-electron chi connectivity index (χ1n) is 9.12. The van der Waals surface area contributed by atoms with Crippen LogP contribution in [0.3, 0.4) is 0 Å². The van der Waals surface area contributed by atoms with Gasteiger partial charge in [0.15, 0.2) is 5.65 Å². The molecule has 2 N–H and O–H groups in total. The normalized spacial score (nSPS) is 11.1. The zero-order chi connectivity index (χ0) is 19.7. The Kier molecular flexibility index (Phi) is 4.65. The molecule has 0 aliphatic carbocycles. The van der Waals surface area contributed by atoms with E-state index in [-0.39, 0.29) is 5.82 Å². The third kappa shape index (κ3) is 3.26. The molecule has 0 aliphatic rings. The summed E-state index contributed by atoms with van der Waals surface area (Å²) < 4.78 is 15.6. The van der Waals surface area contributed by atoms with Crippen LogP contribution in [-0.2, 0) is 6.54 Å². The molecule has 4 aromatic rings. The monoisotopic (exact) mass is 376 g/mol. The van der Waals surface area contributed by atoms with E-state index in [2.05, 4.69) is 15.1 Å². The number of fused-ring (bicyclic) bond motifs is 1. The van der Waals surface area contributed by atoms with E-state index in [4.69, 9.17) is 5.73 Å². The van der Waals surface area contributed by atoms with Gasteiger partial charge < -0.3 is 10.6 Å². The largest absolute Gasteiger partial charge is 0.383 e. The summed E-state index contributed by atoms with van der Waals surface area (Å²) in [5.74, 6) is 0.660. The Morgan fingerprint density at radius 3 is 2.57 bits per heavy atom. The maximum atomic E-state index is 13.9. The Morgan fingerprint density at radius 2 is 1.86 bits per heavy atom. The van der Waals surface area contributed by atoms with Crippen molar-refractivity contribution in [3.63, 3.8) is 0 Å². The highest BCUT2D eigenvalue weighted by Crippen LogP contribution is 2.32. The van der Waals surface area contributed by atoms with E-state index >= 15 is 0 Å². The first-order chi connectivity index (χ1) is 13.6. The number of hydrogen-bond acceptors (Lipinski definition) is 5. The van der Waals surface area contributed by atoms with Crippen molar-refractivity contribution in [1.82, 2.24) is 19.7 Å². The molecule has 0 spiro atoms. The van der Waals surface area contributed by atoms with Gasteiger partial charge in [-0.1, -0.05) is 42.5 Å². The van der Waals surface area contributed by atoms with Gasteiger partial charge in [-0.25, -0.2) is 14.1 Å². The fourth-order valence-electron chi connectivity index (χ4n) is 3.08. The SMILES string of the molecule is CCN(C)c1nc(-c2cccc(F)c2)c2c(N)n(Cc3ccccc3)nc2n1. The van der Waals surface area contributed by atoms with Crippen LogP contribution in [0.25, 0.3) is 22.3 Å². The minimum Gasteiger partial charge on any atom is -0.383 e. The molecule has 6 nitrogen and oxygen atoms in total. The molecule has 0 saturated heterocycles. The van der Waals surface area contributed by atoms with E-state index in [0.717, 1.165) is 12.1 Å². The topological polar surface area (TPSA) is 72.9 Å². The molecule has 0 unspecified atom stereocenters. The number of benzene rings is 2. The Bertz CT molecular complexity index is 1120. The number of nitrogens with zero attached hydrogens (tertiary/aromatic N) is 5. The molecule has 0 bridgehead atoms. The summed E-state index contributed by atoms with van der Waals surface area (Å²) in [4.78, 5) is 11.2. The van der Waals surface area contributed by atoms with Gasteiger partial charge in [-0.05, 0) is 24.6 Å². The highest BCUT2D eigenvalue weighted by molar-refractivity contribution is 5.99. The third-order valence-electron chi connectivity index (χ3n) is 4.72. The molecule has 0 aliphatic heterocycles. The number of nitrogen functional groups attached to an aromatic ring is 1. The number of anilines is 2. The van der Waals surface area contributed by atoms with Crippen molar-refractivity contribution in [2.24, 2.45) is 0 Å². The van der Waals surface area contributed by atoms with E-state index in [1.807, 2.05) is 55.3 Å². The molecule has 142 valence electrons. The summed E-state index contributed by atoms with van der Waals surface area (Å²) in [6.07, 6.45) is 0. The second-order valence-electron chi connectivity index (χ2n) is 6.62. The lowest BCUT2D eigenvalue weighted by Gasteiger charge is -2.15. The molecule has 0 fully saturated rings. The molecule has 4 rings (SSSR count). The first kappa shape index (κ1) is 17.9. The summed E-state index contributed by atoms with van der Waals surface area (Å²) in [6, 6.07) is 16.3. The number of aromatic nitrogens is 4. The van der Waals surface area contributed by atoms with E-state index < -0.39 is 0 Å². The number of halogens is 1. The van der Waals surface area contributed by atoms with Crippen molar-refractivity contribution in [3.05, 3.63) is 66.0 Å². The lowest BCUT2D eigenvalue weighted by atomic mass is 10.1. The molecular formula is C21H21FN6. The standard InChI is InChI=1S/C21H21FN6/c1-3-27(2)21-24-18(15-10-7-11-16(22)12-15)17-19(23)28(26-20(17)25-21)13-14-8-5-4-6-9-14/h4-12H,3,13,23H2,1-2H3. The zero-order valence-corrected chi connectivity index (χ0v) is 15.8. The maximum absolute atomic E-state index is 13.9. The van der Waals surface area contributed by atoms with Crippen molar-refractivity contribution in [3.8, 4) is 11.3 Å². The van der Waals surface area contributed by atoms with Crippen LogP contribution >= 0.6 is 0 Å². The molecular weight excluding hydrogens is 355 g/mol. The predicted molar refractivity (Wildman–Crippen MR) is 110 cm³/mol. The van der Waals surface area contributed by atoms with Crippen LogP contribution in [0.2, 0.25) is 0 Å². The van der Waals surface area contributed by atoms with E-state index in [0.29, 0.717) is 40.6 Å². The lowest BCUT2D eigenvalue weighted by Crippen LogP contribution is -2.19. The van der Waals surface area contributed by atoms with E-state index in [1.165, 1.54) is 12.1 Å². The predicted octanol–water partition coefficient (Wildman–Crippen LogP) is 3.72. The van der Waals surface area contributed by atoms with E-state index in [9.17, 15) is 4.39 Å². The van der Waals surface area contributed by atoms with Gasteiger partial charge in [-0.15, -0.1) is 5.10 Å². The summed E-state index contributed by atoms with van der Waals surface area (Å²) in [5.41, 5.74) is 9.23. The smallest absolute Gasteiger partial charge is 0.227 e. The van der Waals surface area contributed by atoms with Crippen LogP contribution in [0.15, 0.2) is 54.6 Å². The van der Waals surface area contributed by atoms with E-state index in [1.54, 1.807) is 10.7 Å². The Balaban J connectivity index is 1.92. The summed E-state index contributed by atoms with van der Waals surface area (Å²) >= 11 is 0. The molecule has 28 heavy (non-hydrogen) atoms. The molecule has 2 aromatic heterocycles. The molecule has 0 atom stereocenters. The van der Waals surface area contributed by atoms with Crippen molar-refractivity contribution in [2.45, 2.75) is 13.5 Å². The van der Waals surface area contributed by atoms with Crippen LogP contribution in [0.5, 0.6) is 0 Å².